The average Bonchev–Trinajstić information content (AvgIpc) is 2.85. The van der Waals surface area contributed by atoms with Gasteiger partial charge in [-0.3, -0.25) is 14.6 Å². The molecule has 0 aromatic heterocycles. The van der Waals surface area contributed by atoms with Gasteiger partial charge in [-0.2, -0.15) is 0 Å². The van der Waals surface area contributed by atoms with Crippen molar-refractivity contribution in [2.45, 2.75) is 51.2 Å². The third kappa shape index (κ3) is 6.92. The van der Waals surface area contributed by atoms with Crippen molar-refractivity contribution < 1.29 is 19.2 Å². The number of allylic oxidation sites excluding steroid dienone is 3. The predicted molar refractivity (Wildman–Crippen MR) is 98.1 cm³/mol. The summed E-state index contributed by atoms with van der Waals surface area (Å²) in [6.07, 6.45) is 6.49. The van der Waals surface area contributed by atoms with Gasteiger partial charge in [-0.25, -0.2) is 4.79 Å². The minimum Gasteiger partial charge on any atom is -0.330 e. The summed E-state index contributed by atoms with van der Waals surface area (Å²) in [5.41, 5.74) is 0. The Morgan fingerprint density at radius 3 is 2.54 bits per heavy atom. The lowest BCUT2D eigenvalue weighted by Gasteiger charge is -2.23. The van der Waals surface area contributed by atoms with Crippen molar-refractivity contribution in [2.24, 2.45) is 4.99 Å². The maximum absolute atomic E-state index is 11.8. The molecule has 0 unspecified atom stereocenters. The lowest BCUT2D eigenvalue weighted by Crippen LogP contribution is -2.32. The van der Waals surface area contributed by atoms with E-state index in [4.69, 9.17) is 4.84 Å². The normalized spacial score (nSPS) is 16.1. The molecular weight excluding hydrogens is 348 g/mol. The van der Waals surface area contributed by atoms with E-state index in [0.29, 0.717) is 11.5 Å². The highest BCUT2D eigenvalue weighted by Crippen LogP contribution is 2.43. The molecule has 1 aliphatic rings. The Bertz CT molecular complexity index is 554. The quantitative estimate of drug-likeness (QED) is 0.267. The average molecular weight is 370 g/mol. The van der Waals surface area contributed by atoms with Gasteiger partial charge in [0.2, 0.25) is 0 Å². The molecule has 24 heavy (non-hydrogen) atoms. The molecule has 132 valence electrons. The standard InChI is InChI=1S/C16H22N2O4S2/c1-5-6-7-12(17-4)23-24-16(2,3)11-10-15(21)22-18-13(19)8-9-14(18)20/h5-7H,4,8-11H2,1-3H3/b6-5-,12-7+. The number of nitrogens with zero attached hydrogens (tertiary/aromatic N) is 2. The number of amides is 2. The van der Waals surface area contributed by atoms with Crippen LogP contribution in [0.2, 0.25) is 0 Å². The van der Waals surface area contributed by atoms with Crippen molar-refractivity contribution >= 4 is 46.1 Å². The third-order valence-corrected chi connectivity index (χ3v) is 6.36. The maximum atomic E-state index is 11.8. The van der Waals surface area contributed by atoms with Gasteiger partial charge in [-0.05, 0) is 50.8 Å². The summed E-state index contributed by atoms with van der Waals surface area (Å²) < 4.78 is -0.220. The van der Waals surface area contributed by atoms with E-state index in [-0.39, 0.29) is 24.0 Å². The second-order valence-corrected chi connectivity index (χ2v) is 8.52. The molecule has 0 spiro atoms. The zero-order valence-electron chi connectivity index (χ0n) is 14.1. The third-order valence-electron chi connectivity index (χ3n) is 3.07. The molecule has 0 radical (unpaired) electrons. The van der Waals surface area contributed by atoms with Crippen LogP contribution in [0, 0.1) is 0 Å². The Kier molecular flexibility index (Phi) is 8.27. The molecule has 1 rings (SSSR count). The number of rotatable bonds is 9. The smallest absolute Gasteiger partial charge is 0.330 e. The topological polar surface area (TPSA) is 76.0 Å². The summed E-state index contributed by atoms with van der Waals surface area (Å²) in [5.74, 6) is -1.51. The number of hydrogen-bond donors (Lipinski definition) is 0. The van der Waals surface area contributed by atoms with Crippen LogP contribution in [0.5, 0.6) is 0 Å². The van der Waals surface area contributed by atoms with Crippen molar-refractivity contribution in [3.8, 4) is 0 Å². The Labute approximate surface area is 150 Å². The number of hydroxylamine groups is 2. The van der Waals surface area contributed by atoms with Crippen LogP contribution in [-0.4, -0.2) is 34.3 Å². The molecule has 1 heterocycles. The predicted octanol–water partition coefficient (Wildman–Crippen LogP) is 3.65. The summed E-state index contributed by atoms with van der Waals surface area (Å²) in [5, 5.41) is 1.36. The van der Waals surface area contributed by atoms with Gasteiger partial charge < -0.3 is 4.84 Å². The van der Waals surface area contributed by atoms with Crippen LogP contribution in [0.15, 0.2) is 28.2 Å². The van der Waals surface area contributed by atoms with Gasteiger partial charge in [0.15, 0.2) is 0 Å². The fourth-order valence-electron chi connectivity index (χ4n) is 1.69. The molecule has 1 fully saturated rings. The van der Waals surface area contributed by atoms with Gasteiger partial charge >= 0.3 is 5.97 Å². The molecule has 0 aromatic carbocycles. The first kappa shape index (κ1) is 20.5. The van der Waals surface area contributed by atoms with Crippen LogP contribution < -0.4 is 0 Å². The van der Waals surface area contributed by atoms with E-state index < -0.39 is 17.8 Å². The summed E-state index contributed by atoms with van der Waals surface area (Å²) in [6, 6.07) is 0. The Morgan fingerprint density at radius 2 is 2.00 bits per heavy atom. The van der Waals surface area contributed by atoms with Gasteiger partial charge in [-0.1, -0.05) is 22.9 Å². The summed E-state index contributed by atoms with van der Waals surface area (Å²) >= 11 is 0. The van der Waals surface area contributed by atoms with E-state index >= 15 is 0 Å². The second-order valence-electron chi connectivity index (χ2n) is 5.66. The molecule has 0 N–H and O–H groups in total. The lowest BCUT2D eigenvalue weighted by molar-refractivity contribution is -0.197. The molecule has 0 aliphatic carbocycles. The molecule has 0 aromatic rings. The molecule has 6 nitrogen and oxygen atoms in total. The van der Waals surface area contributed by atoms with E-state index in [0.717, 1.165) is 5.03 Å². The largest absolute Gasteiger partial charge is 0.333 e. The van der Waals surface area contributed by atoms with E-state index in [9.17, 15) is 14.4 Å². The summed E-state index contributed by atoms with van der Waals surface area (Å²) in [4.78, 5) is 43.5. The molecule has 1 saturated heterocycles. The highest BCUT2D eigenvalue weighted by molar-refractivity contribution is 8.78. The molecule has 8 heteroatoms. The molecule has 0 saturated carbocycles. The molecule has 1 aliphatic heterocycles. The highest BCUT2D eigenvalue weighted by atomic mass is 33.1. The van der Waals surface area contributed by atoms with Crippen LogP contribution in [0.4, 0.5) is 0 Å². The highest BCUT2D eigenvalue weighted by Gasteiger charge is 2.33. The lowest BCUT2D eigenvalue weighted by atomic mass is 10.1. The Balaban J connectivity index is 2.43. The van der Waals surface area contributed by atoms with E-state index in [2.05, 4.69) is 11.7 Å². The first-order valence-electron chi connectivity index (χ1n) is 7.51. The summed E-state index contributed by atoms with van der Waals surface area (Å²) in [7, 11) is 3.05. The van der Waals surface area contributed by atoms with Crippen LogP contribution in [0.25, 0.3) is 0 Å². The zero-order chi connectivity index (χ0) is 18.2. The Hall–Kier alpha value is -1.54. The van der Waals surface area contributed by atoms with Crippen LogP contribution in [0.1, 0.15) is 46.5 Å². The number of hydrogen-bond acceptors (Lipinski definition) is 7. The van der Waals surface area contributed by atoms with Crippen molar-refractivity contribution in [1.29, 1.82) is 0 Å². The van der Waals surface area contributed by atoms with E-state index in [1.165, 1.54) is 10.8 Å². The zero-order valence-corrected chi connectivity index (χ0v) is 15.7. The minimum absolute atomic E-state index is 0.0972. The van der Waals surface area contributed by atoms with Gasteiger partial charge in [0, 0.05) is 24.0 Å². The van der Waals surface area contributed by atoms with Crippen LogP contribution in [-0.2, 0) is 19.2 Å². The van der Waals surface area contributed by atoms with Crippen molar-refractivity contribution in [2.75, 3.05) is 0 Å². The molecule has 0 bridgehead atoms. The first-order valence-corrected chi connectivity index (χ1v) is 9.66. The molecule has 0 atom stereocenters. The Morgan fingerprint density at radius 1 is 1.38 bits per heavy atom. The second kappa shape index (κ2) is 9.68. The van der Waals surface area contributed by atoms with Crippen LogP contribution >= 0.6 is 21.6 Å². The number of imide groups is 1. The van der Waals surface area contributed by atoms with E-state index in [1.807, 2.05) is 39.0 Å². The minimum atomic E-state index is -0.580. The van der Waals surface area contributed by atoms with E-state index in [1.54, 1.807) is 10.8 Å². The monoisotopic (exact) mass is 370 g/mol. The number of aliphatic imine (C=N–C) groups is 1. The maximum Gasteiger partial charge on any atom is 0.333 e. The fraction of sp³-hybridized carbons (Fsp3) is 0.500. The van der Waals surface area contributed by atoms with Crippen molar-refractivity contribution in [1.82, 2.24) is 5.06 Å². The summed E-state index contributed by atoms with van der Waals surface area (Å²) in [6.45, 7) is 9.45. The van der Waals surface area contributed by atoms with Gasteiger partial charge in [0.1, 0.15) is 5.03 Å². The van der Waals surface area contributed by atoms with Crippen molar-refractivity contribution in [3.63, 3.8) is 0 Å². The molecular formula is C16H22N2O4S2. The van der Waals surface area contributed by atoms with Gasteiger partial charge in [0.25, 0.3) is 11.8 Å². The SMILES string of the molecule is C=N/C(=C\C=C/C)SSC(C)(C)CCC(=O)ON1C(=O)CCC1=O. The number of carbonyl (C=O) groups is 3. The van der Waals surface area contributed by atoms with Gasteiger partial charge in [-0.15, -0.1) is 5.06 Å². The van der Waals surface area contributed by atoms with Gasteiger partial charge in [0.05, 0.1) is 0 Å². The van der Waals surface area contributed by atoms with Crippen LogP contribution in [0.3, 0.4) is 0 Å². The molecule has 2 amide bonds. The number of carbonyl (C=O) groups excluding carboxylic acids is 3. The first-order chi connectivity index (χ1) is 11.3. The van der Waals surface area contributed by atoms with Crippen molar-refractivity contribution in [3.05, 3.63) is 23.3 Å². The fourth-order valence-corrected chi connectivity index (χ4v) is 3.88.